The number of alkyl halides is 1. The molecule has 0 bridgehead atoms. The van der Waals surface area contributed by atoms with Gasteiger partial charge in [-0.15, -0.1) is 11.6 Å². The monoisotopic (exact) mass is 727 g/mol. The van der Waals surface area contributed by atoms with Gasteiger partial charge < -0.3 is 24.2 Å². The first-order chi connectivity index (χ1) is 24.0. The Morgan fingerprint density at radius 2 is 1.80 bits per heavy atom. The average molecular weight is 728 g/mol. The number of rotatable bonds is 12. The van der Waals surface area contributed by atoms with Gasteiger partial charge in [0.2, 0.25) is 6.41 Å². The van der Waals surface area contributed by atoms with Crippen LogP contribution in [0.15, 0.2) is 36.4 Å². The molecular formula is C39H58ClN5O4S. The van der Waals surface area contributed by atoms with E-state index >= 15 is 0 Å². The van der Waals surface area contributed by atoms with Crippen molar-refractivity contribution in [3.8, 4) is 17.0 Å². The maximum atomic E-state index is 13.0. The van der Waals surface area contributed by atoms with Gasteiger partial charge in [-0.25, -0.2) is 4.31 Å². The minimum absolute atomic E-state index is 0.0790. The standard InChI is InChI=1S/C29H36ClN3O2S.C9H18N2O.CH4O/c1-6-8-17(9-7-2)25-21-12-10-18(29(34)31-36-32(3)4)14-24(21)33-16-23-26(27(23)30)22-15-19(35-5)11-13-20(22)28(25)33;1-8-4-5-9(6-10(2)3)11(8)7-12;1-2/h10-15,17,23,26-27H,6-9,16H2,1-5H3,(H,31,34);7-9H,4-6H2,1-3H3;2H,1H3. The van der Waals surface area contributed by atoms with E-state index in [0.717, 1.165) is 76.4 Å². The highest BCUT2D eigenvalue weighted by Crippen LogP contribution is 2.59. The van der Waals surface area contributed by atoms with E-state index in [4.69, 9.17) is 21.4 Å². The number of aliphatic hydroxyl groups excluding tert-OH is 1. The van der Waals surface area contributed by atoms with Crippen LogP contribution < -0.4 is 9.46 Å². The fraction of sp³-hybridized carbons (Fsp3) is 0.590. The van der Waals surface area contributed by atoms with Crippen LogP contribution in [-0.4, -0.2) is 103 Å². The van der Waals surface area contributed by atoms with Crippen LogP contribution in [0.3, 0.4) is 0 Å². The van der Waals surface area contributed by atoms with Crippen molar-refractivity contribution in [2.75, 3.05) is 49.0 Å². The fourth-order valence-electron chi connectivity index (χ4n) is 7.94. The molecular weight excluding hydrogens is 670 g/mol. The van der Waals surface area contributed by atoms with Crippen LogP contribution in [0.5, 0.6) is 5.75 Å². The molecule has 2 aromatic carbocycles. The molecule has 2 amide bonds. The Morgan fingerprint density at radius 3 is 2.40 bits per heavy atom. The predicted octanol–water partition coefficient (Wildman–Crippen LogP) is 7.36. The molecule has 2 N–H and O–H groups in total. The van der Waals surface area contributed by atoms with E-state index < -0.39 is 0 Å². The van der Waals surface area contributed by atoms with Gasteiger partial charge in [0.1, 0.15) is 5.75 Å². The highest BCUT2D eigenvalue weighted by Gasteiger charge is 2.53. The third kappa shape index (κ3) is 8.64. The smallest absolute Gasteiger partial charge is 0.262 e. The van der Waals surface area contributed by atoms with E-state index in [1.807, 2.05) is 43.5 Å². The molecule has 3 heterocycles. The van der Waals surface area contributed by atoms with Gasteiger partial charge in [-0.2, -0.15) is 0 Å². The average Bonchev–Trinajstić information content (AvgIpc) is 3.50. The van der Waals surface area contributed by atoms with Crippen molar-refractivity contribution < 1.29 is 19.4 Å². The molecule has 0 spiro atoms. The van der Waals surface area contributed by atoms with Gasteiger partial charge in [0.05, 0.1) is 12.8 Å². The minimum Gasteiger partial charge on any atom is -0.497 e. The first kappa shape index (κ1) is 40.0. The molecule has 11 heteroatoms. The summed E-state index contributed by atoms with van der Waals surface area (Å²) in [6.07, 6.45) is 7.88. The molecule has 9 nitrogen and oxygen atoms in total. The normalized spacial score (nSPS) is 21.8. The van der Waals surface area contributed by atoms with Crippen molar-refractivity contribution in [1.82, 2.24) is 23.4 Å². The molecule has 1 aromatic heterocycles. The van der Waals surface area contributed by atoms with Gasteiger partial charge in [0, 0.05) is 83.7 Å². The third-order valence-electron chi connectivity index (χ3n) is 10.3. The molecule has 276 valence electrons. The molecule has 5 atom stereocenters. The van der Waals surface area contributed by atoms with E-state index in [-0.39, 0.29) is 11.3 Å². The van der Waals surface area contributed by atoms with Gasteiger partial charge in [-0.3, -0.25) is 14.3 Å². The number of nitrogens with zero attached hydrogens (tertiary/aromatic N) is 4. The third-order valence-corrected chi connectivity index (χ3v) is 11.5. The summed E-state index contributed by atoms with van der Waals surface area (Å²) < 4.78 is 12.9. The summed E-state index contributed by atoms with van der Waals surface area (Å²) in [7, 11) is 10.6. The molecule has 0 radical (unpaired) electrons. The van der Waals surface area contributed by atoms with Crippen LogP contribution >= 0.6 is 23.7 Å². The lowest BCUT2D eigenvalue weighted by Gasteiger charge is -2.26. The Bertz CT molecular complexity index is 1590. The Kier molecular flexibility index (Phi) is 14.5. The minimum atomic E-state index is -0.0790. The molecule has 5 unspecified atom stereocenters. The maximum absolute atomic E-state index is 13.0. The van der Waals surface area contributed by atoms with E-state index in [1.165, 1.54) is 39.9 Å². The number of carbonyl (C=O) groups excluding carboxylic acids is 2. The van der Waals surface area contributed by atoms with Gasteiger partial charge in [0.15, 0.2) is 0 Å². The number of halogens is 1. The van der Waals surface area contributed by atoms with Crippen LogP contribution in [0.2, 0.25) is 0 Å². The molecule has 2 aliphatic heterocycles. The number of nitrogens with one attached hydrogen (secondary N) is 1. The van der Waals surface area contributed by atoms with Crippen LogP contribution in [0, 0.1) is 5.92 Å². The van der Waals surface area contributed by atoms with Crippen molar-refractivity contribution in [1.29, 1.82) is 0 Å². The first-order valence-corrected chi connectivity index (χ1v) is 19.2. The molecule has 6 rings (SSSR count). The second-order valence-electron chi connectivity index (χ2n) is 14.2. The van der Waals surface area contributed by atoms with Crippen LogP contribution in [0.1, 0.15) is 92.6 Å². The van der Waals surface area contributed by atoms with Gasteiger partial charge >= 0.3 is 0 Å². The topological polar surface area (TPSA) is 90.3 Å². The number of aliphatic hydroxyl groups is 1. The van der Waals surface area contributed by atoms with Crippen molar-refractivity contribution in [3.05, 3.63) is 53.1 Å². The summed E-state index contributed by atoms with van der Waals surface area (Å²) in [5.41, 5.74) is 7.13. The van der Waals surface area contributed by atoms with E-state index in [2.05, 4.69) is 65.3 Å². The number of hydrogen-bond donors (Lipinski definition) is 2. The molecule has 1 saturated heterocycles. The largest absolute Gasteiger partial charge is 0.497 e. The zero-order chi connectivity index (χ0) is 36.7. The lowest BCUT2D eigenvalue weighted by Crippen LogP contribution is -2.39. The molecule has 1 aliphatic carbocycles. The van der Waals surface area contributed by atoms with Crippen LogP contribution in [-0.2, 0) is 11.3 Å². The fourth-order valence-corrected chi connectivity index (χ4v) is 8.80. The number of ether oxygens (including phenoxy) is 1. The quantitative estimate of drug-likeness (QED) is 0.115. The molecule has 50 heavy (non-hydrogen) atoms. The SMILES string of the molecule is CC1CCC(CN(C)C)N1C=O.CCCC(CCC)c1c2n(c3cc(C(=O)NSN(C)C)ccc13)CC1C(Cl)C1c1cc(OC)ccc1-2.CO. The van der Waals surface area contributed by atoms with Gasteiger partial charge in [-0.05, 0) is 108 Å². The predicted molar refractivity (Wildman–Crippen MR) is 208 cm³/mol. The Labute approximate surface area is 308 Å². The van der Waals surface area contributed by atoms with Gasteiger partial charge in [-0.1, -0.05) is 32.8 Å². The van der Waals surface area contributed by atoms with E-state index in [1.54, 1.807) is 7.11 Å². The number of hydrogen-bond acceptors (Lipinski definition) is 7. The summed E-state index contributed by atoms with van der Waals surface area (Å²) in [6, 6.07) is 13.6. The Morgan fingerprint density at radius 1 is 1.10 bits per heavy atom. The summed E-state index contributed by atoms with van der Waals surface area (Å²) >= 11 is 8.16. The van der Waals surface area contributed by atoms with Crippen LogP contribution in [0.4, 0.5) is 0 Å². The second-order valence-corrected chi connectivity index (χ2v) is 15.8. The van der Waals surface area contributed by atoms with Crippen molar-refractivity contribution in [2.24, 2.45) is 5.92 Å². The number of aromatic nitrogens is 1. The Hall–Kier alpha value is -2.76. The van der Waals surface area contributed by atoms with E-state index in [0.29, 0.717) is 35.4 Å². The van der Waals surface area contributed by atoms with Crippen molar-refractivity contribution >= 4 is 47.0 Å². The zero-order valence-corrected chi connectivity index (χ0v) is 33.0. The zero-order valence-electron chi connectivity index (χ0n) is 31.4. The highest BCUT2D eigenvalue weighted by molar-refractivity contribution is 7.95. The molecule has 3 aromatic rings. The number of benzene rings is 2. The Balaban J connectivity index is 0.000000339. The number of amides is 2. The first-order valence-electron chi connectivity index (χ1n) is 18.0. The second kappa shape index (κ2) is 18.1. The summed E-state index contributed by atoms with van der Waals surface area (Å²) in [6.45, 7) is 8.52. The lowest BCUT2D eigenvalue weighted by molar-refractivity contribution is -0.120. The highest BCUT2D eigenvalue weighted by atomic mass is 35.5. The number of fused-ring (bicyclic) bond motifs is 7. The molecule has 1 saturated carbocycles. The van der Waals surface area contributed by atoms with E-state index in [9.17, 15) is 9.59 Å². The van der Waals surface area contributed by atoms with Crippen molar-refractivity contribution in [3.63, 3.8) is 0 Å². The number of likely N-dealkylation sites (N-methyl/N-ethyl adjacent to an activating group) is 1. The number of methoxy groups -OCH3 is 1. The van der Waals surface area contributed by atoms with Crippen molar-refractivity contribution in [2.45, 2.75) is 95.1 Å². The maximum Gasteiger partial charge on any atom is 0.262 e. The number of likely N-dealkylation sites (tertiary alicyclic amines) is 1. The summed E-state index contributed by atoms with van der Waals surface area (Å²) in [5, 5.41) is 8.38. The van der Waals surface area contributed by atoms with Crippen LogP contribution in [0.25, 0.3) is 22.2 Å². The number of carbonyl (C=O) groups is 2. The molecule has 3 aliphatic rings. The summed E-state index contributed by atoms with van der Waals surface area (Å²) in [5.74, 6) is 1.98. The summed E-state index contributed by atoms with van der Waals surface area (Å²) in [4.78, 5) is 27.8. The van der Waals surface area contributed by atoms with Gasteiger partial charge in [0.25, 0.3) is 5.91 Å². The lowest BCUT2D eigenvalue weighted by atomic mass is 9.85. The molecule has 2 fully saturated rings.